The molecule has 0 saturated heterocycles. The fraction of sp³-hybridized carbons (Fsp3) is 0.0769. The Bertz CT molecular complexity index is 739. The zero-order valence-corrected chi connectivity index (χ0v) is 13.7. The summed E-state index contributed by atoms with van der Waals surface area (Å²) >= 11 is 9.27. The number of hydrogen-bond donors (Lipinski definition) is 1. The second-order valence-electron chi connectivity index (χ2n) is 4.21. The highest BCUT2D eigenvalue weighted by Gasteiger charge is 2.14. The number of halogens is 2. The highest BCUT2D eigenvalue weighted by Crippen LogP contribution is 2.28. The van der Waals surface area contributed by atoms with Crippen LogP contribution >= 0.6 is 27.5 Å². The third-order valence-corrected chi connectivity index (χ3v) is 5.32. The van der Waals surface area contributed by atoms with E-state index in [1.54, 1.807) is 24.3 Å². The Labute approximate surface area is 136 Å². The Kier molecular flexibility index (Phi) is 4.97. The monoisotopic (exact) mass is 388 g/mol. The second kappa shape index (κ2) is 6.55. The molecule has 0 aliphatic rings. The normalized spacial score (nSPS) is 12.1. The first kappa shape index (κ1) is 15.9. The number of rotatable bonds is 4. The Balaban J connectivity index is 2.27. The van der Waals surface area contributed by atoms with E-state index in [1.165, 1.54) is 12.1 Å². The van der Waals surface area contributed by atoms with Crippen LogP contribution in [0.25, 0.3) is 0 Å². The third kappa shape index (κ3) is 3.81. The van der Waals surface area contributed by atoms with Crippen LogP contribution in [0.5, 0.6) is 0 Å². The van der Waals surface area contributed by atoms with E-state index >= 15 is 0 Å². The lowest BCUT2D eigenvalue weighted by Crippen LogP contribution is -2.00. The molecule has 0 bridgehead atoms. The van der Waals surface area contributed by atoms with Gasteiger partial charge < -0.3 is 5.73 Å². The average Bonchev–Trinajstić information content (AvgIpc) is 2.43. The number of hydrogen-bond acceptors (Lipinski definition) is 4. The van der Waals surface area contributed by atoms with E-state index in [2.05, 4.69) is 15.9 Å². The molecule has 0 amide bonds. The van der Waals surface area contributed by atoms with Crippen LogP contribution in [0.15, 0.2) is 45.8 Å². The molecule has 0 spiro atoms. The molecule has 0 radical (unpaired) electrons. The maximum atomic E-state index is 12.4. The van der Waals surface area contributed by atoms with E-state index in [1.807, 2.05) is 0 Å². The summed E-state index contributed by atoms with van der Waals surface area (Å²) in [5, 5.41) is 11.1. The van der Waals surface area contributed by atoms with Gasteiger partial charge in [-0.15, -0.1) is 0 Å². The summed E-state index contributed by atoms with van der Waals surface area (Å²) in [4.78, 5) is 10.6. The zero-order chi connectivity index (χ0) is 15.6. The van der Waals surface area contributed by atoms with E-state index < -0.39 is 15.7 Å². The second-order valence-corrected chi connectivity index (χ2v) is 6.89. The molecule has 0 saturated carbocycles. The summed E-state index contributed by atoms with van der Waals surface area (Å²) in [7, 11) is -1.40. The van der Waals surface area contributed by atoms with Crippen molar-refractivity contribution in [3.8, 4) is 0 Å². The minimum absolute atomic E-state index is 0.0293. The number of anilines is 1. The van der Waals surface area contributed by atoms with Crippen molar-refractivity contribution in [2.75, 3.05) is 5.73 Å². The van der Waals surface area contributed by atoms with Gasteiger partial charge in [0.25, 0.3) is 5.69 Å². The van der Waals surface area contributed by atoms with Gasteiger partial charge in [0.2, 0.25) is 0 Å². The van der Waals surface area contributed by atoms with Gasteiger partial charge in [-0.1, -0.05) is 33.6 Å². The van der Waals surface area contributed by atoms with Gasteiger partial charge in [0.05, 0.1) is 31.4 Å². The molecule has 2 rings (SSSR count). The van der Waals surface area contributed by atoms with Gasteiger partial charge in [-0.05, 0) is 23.8 Å². The lowest BCUT2D eigenvalue weighted by molar-refractivity contribution is -0.384. The number of nitro groups is 1. The minimum Gasteiger partial charge on any atom is -0.399 e. The van der Waals surface area contributed by atoms with E-state index in [0.717, 1.165) is 0 Å². The first-order chi connectivity index (χ1) is 9.88. The highest BCUT2D eigenvalue weighted by molar-refractivity contribution is 9.10. The van der Waals surface area contributed by atoms with Gasteiger partial charge in [-0.3, -0.25) is 14.3 Å². The Hall–Kier alpha value is -1.44. The largest absolute Gasteiger partial charge is 0.399 e. The fourth-order valence-corrected chi connectivity index (χ4v) is 3.99. The molecule has 110 valence electrons. The molecule has 0 heterocycles. The Morgan fingerprint density at radius 2 is 2.00 bits per heavy atom. The molecular formula is C13H10BrClN2O3S. The molecule has 0 aliphatic heterocycles. The van der Waals surface area contributed by atoms with Crippen LogP contribution in [-0.2, 0) is 16.6 Å². The summed E-state index contributed by atoms with van der Waals surface area (Å²) in [6, 6.07) is 9.11. The van der Waals surface area contributed by atoms with E-state index in [9.17, 15) is 14.3 Å². The van der Waals surface area contributed by atoms with E-state index in [0.29, 0.717) is 25.6 Å². The topological polar surface area (TPSA) is 86.2 Å². The molecule has 5 nitrogen and oxygen atoms in total. The van der Waals surface area contributed by atoms with Gasteiger partial charge >= 0.3 is 0 Å². The van der Waals surface area contributed by atoms with Crippen molar-refractivity contribution in [2.45, 2.75) is 10.6 Å². The average molecular weight is 390 g/mol. The first-order valence-electron chi connectivity index (χ1n) is 5.74. The number of non-ortho nitro benzene ring substituents is 1. The number of nitro benzene ring substituents is 1. The maximum Gasteiger partial charge on any atom is 0.270 e. The van der Waals surface area contributed by atoms with Crippen LogP contribution in [0.4, 0.5) is 11.4 Å². The number of benzene rings is 2. The van der Waals surface area contributed by atoms with Crippen molar-refractivity contribution < 1.29 is 9.13 Å². The third-order valence-electron chi connectivity index (χ3n) is 2.73. The van der Waals surface area contributed by atoms with Crippen molar-refractivity contribution in [1.29, 1.82) is 0 Å². The molecule has 1 unspecified atom stereocenters. The summed E-state index contributed by atoms with van der Waals surface area (Å²) in [6.45, 7) is 0. The SMILES string of the molecule is Nc1ccc(Cl)c(S(=O)Cc2ccc([N+](=O)[O-])cc2Br)c1. The summed E-state index contributed by atoms with van der Waals surface area (Å²) in [5.41, 5.74) is 6.80. The van der Waals surface area contributed by atoms with Gasteiger partial charge in [0.1, 0.15) is 0 Å². The highest BCUT2D eigenvalue weighted by atomic mass is 79.9. The molecule has 0 fully saturated rings. The van der Waals surface area contributed by atoms with Crippen molar-refractivity contribution in [3.63, 3.8) is 0 Å². The maximum absolute atomic E-state index is 12.4. The van der Waals surface area contributed by atoms with Crippen molar-refractivity contribution >= 4 is 49.7 Å². The predicted octanol–water partition coefficient (Wildman–Crippen LogP) is 3.90. The van der Waals surface area contributed by atoms with Crippen molar-refractivity contribution in [3.05, 3.63) is 61.6 Å². The van der Waals surface area contributed by atoms with Gasteiger partial charge in [0, 0.05) is 22.3 Å². The van der Waals surface area contributed by atoms with Crippen LogP contribution in [0.2, 0.25) is 5.02 Å². The summed E-state index contributed by atoms with van der Waals surface area (Å²) < 4.78 is 12.9. The quantitative estimate of drug-likeness (QED) is 0.488. The van der Waals surface area contributed by atoms with Crippen LogP contribution < -0.4 is 5.73 Å². The summed E-state index contributed by atoms with van der Waals surface area (Å²) in [6.07, 6.45) is 0. The lowest BCUT2D eigenvalue weighted by Gasteiger charge is -2.07. The molecule has 2 N–H and O–H groups in total. The first-order valence-corrected chi connectivity index (χ1v) is 8.23. The standard InChI is InChI=1S/C13H10BrClN2O3S/c14-11-6-10(17(18)19)3-1-8(11)7-21(20)13-5-9(16)2-4-12(13)15/h1-6H,7,16H2. The fourth-order valence-electron chi connectivity index (χ4n) is 1.68. The Morgan fingerprint density at radius 3 is 2.62 bits per heavy atom. The van der Waals surface area contributed by atoms with E-state index in [-0.39, 0.29) is 11.4 Å². The molecule has 0 aliphatic carbocycles. The van der Waals surface area contributed by atoms with Crippen molar-refractivity contribution in [2.24, 2.45) is 0 Å². The molecule has 8 heteroatoms. The number of nitrogen functional groups attached to an aromatic ring is 1. The molecular weight excluding hydrogens is 380 g/mol. The Morgan fingerprint density at radius 1 is 1.29 bits per heavy atom. The van der Waals surface area contributed by atoms with Crippen LogP contribution in [0, 0.1) is 10.1 Å². The van der Waals surface area contributed by atoms with Gasteiger partial charge in [-0.2, -0.15) is 0 Å². The summed E-state index contributed by atoms with van der Waals surface area (Å²) in [5.74, 6) is 0.182. The van der Waals surface area contributed by atoms with Gasteiger partial charge in [0.15, 0.2) is 0 Å². The van der Waals surface area contributed by atoms with Crippen LogP contribution in [0.3, 0.4) is 0 Å². The smallest absolute Gasteiger partial charge is 0.270 e. The van der Waals surface area contributed by atoms with Gasteiger partial charge in [-0.25, -0.2) is 0 Å². The van der Waals surface area contributed by atoms with E-state index in [4.69, 9.17) is 17.3 Å². The minimum atomic E-state index is -1.40. The molecule has 1 atom stereocenters. The number of nitrogens with two attached hydrogens (primary N) is 1. The predicted molar refractivity (Wildman–Crippen MR) is 86.8 cm³/mol. The van der Waals surface area contributed by atoms with Crippen molar-refractivity contribution in [1.82, 2.24) is 0 Å². The number of nitrogens with zero attached hydrogens (tertiary/aromatic N) is 1. The van der Waals surface area contributed by atoms with Crippen LogP contribution in [-0.4, -0.2) is 9.13 Å². The van der Waals surface area contributed by atoms with Crippen LogP contribution in [0.1, 0.15) is 5.56 Å². The zero-order valence-electron chi connectivity index (χ0n) is 10.6. The lowest BCUT2D eigenvalue weighted by atomic mass is 10.2. The molecule has 0 aromatic heterocycles. The molecule has 21 heavy (non-hydrogen) atoms. The molecule has 2 aromatic carbocycles. The molecule has 2 aromatic rings.